The summed E-state index contributed by atoms with van der Waals surface area (Å²) in [5.41, 5.74) is 6.73. The zero-order valence-electron chi connectivity index (χ0n) is 12.3. The number of anilines is 2. The topological polar surface area (TPSA) is 75.4 Å². The molecule has 0 bridgehead atoms. The minimum absolute atomic E-state index is 0.106. The van der Waals surface area contributed by atoms with E-state index in [0.29, 0.717) is 18.7 Å². The monoisotopic (exact) mass is 287 g/mol. The summed E-state index contributed by atoms with van der Waals surface area (Å²) >= 11 is 0. The molecule has 2 fully saturated rings. The Labute approximate surface area is 124 Å². The molecular formula is C16H21N3O2. The van der Waals surface area contributed by atoms with E-state index in [1.165, 1.54) is 0 Å². The molecule has 0 aromatic heterocycles. The minimum atomic E-state index is -0.845. The number of carbonyl (C=O) groups excluding carboxylic acids is 2. The lowest BCUT2D eigenvalue weighted by Gasteiger charge is -2.25. The van der Waals surface area contributed by atoms with Gasteiger partial charge >= 0.3 is 0 Å². The van der Waals surface area contributed by atoms with Crippen molar-refractivity contribution in [3.8, 4) is 0 Å². The van der Waals surface area contributed by atoms with Crippen molar-refractivity contribution >= 4 is 23.2 Å². The van der Waals surface area contributed by atoms with Gasteiger partial charge in [-0.2, -0.15) is 0 Å². The summed E-state index contributed by atoms with van der Waals surface area (Å²) in [6.45, 7) is 2.48. The number of para-hydroxylation sites is 2. The van der Waals surface area contributed by atoms with Gasteiger partial charge in [-0.1, -0.05) is 12.1 Å². The third-order valence-corrected chi connectivity index (χ3v) is 4.43. The lowest BCUT2D eigenvalue weighted by Crippen LogP contribution is -2.50. The van der Waals surface area contributed by atoms with Crippen molar-refractivity contribution in [3.05, 3.63) is 24.3 Å². The van der Waals surface area contributed by atoms with Gasteiger partial charge in [-0.25, -0.2) is 0 Å². The normalized spacial score (nSPS) is 21.2. The Kier molecular flexibility index (Phi) is 3.45. The largest absolute Gasteiger partial charge is 0.323 e. The van der Waals surface area contributed by atoms with Crippen LogP contribution in [-0.4, -0.2) is 23.9 Å². The van der Waals surface area contributed by atoms with Gasteiger partial charge in [0.2, 0.25) is 11.8 Å². The maximum absolute atomic E-state index is 12.4. The molecule has 3 rings (SSSR count). The molecule has 1 saturated carbocycles. The Morgan fingerprint density at radius 1 is 1.38 bits per heavy atom. The first kappa shape index (κ1) is 14.1. The fourth-order valence-electron chi connectivity index (χ4n) is 2.84. The summed E-state index contributed by atoms with van der Waals surface area (Å²) in [6.07, 6.45) is 3.44. The lowest BCUT2D eigenvalue weighted by molar-refractivity contribution is -0.121. The van der Waals surface area contributed by atoms with E-state index < -0.39 is 5.54 Å². The second-order valence-electron chi connectivity index (χ2n) is 6.18. The van der Waals surface area contributed by atoms with Crippen LogP contribution in [0.2, 0.25) is 0 Å². The second-order valence-corrected chi connectivity index (χ2v) is 6.18. The van der Waals surface area contributed by atoms with Crippen LogP contribution in [-0.2, 0) is 9.59 Å². The van der Waals surface area contributed by atoms with Crippen molar-refractivity contribution in [1.82, 2.24) is 0 Å². The number of nitrogens with one attached hydrogen (secondary N) is 1. The van der Waals surface area contributed by atoms with Crippen LogP contribution in [0.3, 0.4) is 0 Å². The molecule has 1 heterocycles. The van der Waals surface area contributed by atoms with Crippen LogP contribution < -0.4 is 16.0 Å². The minimum Gasteiger partial charge on any atom is -0.323 e. The Bertz CT molecular complexity index is 579. The molecule has 0 spiro atoms. The Balaban J connectivity index is 1.82. The molecule has 21 heavy (non-hydrogen) atoms. The van der Waals surface area contributed by atoms with Gasteiger partial charge in [-0.15, -0.1) is 0 Å². The van der Waals surface area contributed by atoms with Crippen LogP contribution in [0.25, 0.3) is 0 Å². The van der Waals surface area contributed by atoms with Crippen LogP contribution in [0.1, 0.15) is 32.6 Å². The highest BCUT2D eigenvalue weighted by Crippen LogP contribution is 2.39. The molecule has 1 aromatic rings. The molecular weight excluding hydrogens is 266 g/mol. The van der Waals surface area contributed by atoms with Crippen molar-refractivity contribution in [2.45, 2.75) is 38.1 Å². The fourth-order valence-corrected chi connectivity index (χ4v) is 2.84. The molecule has 5 heteroatoms. The average molecular weight is 287 g/mol. The van der Waals surface area contributed by atoms with Crippen LogP contribution in [0.4, 0.5) is 11.4 Å². The summed E-state index contributed by atoms with van der Waals surface area (Å²) in [7, 11) is 0. The van der Waals surface area contributed by atoms with Crippen molar-refractivity contribution in [2.24, 2.45) is 11.7 Å². The number of carbonyl (C=O) groups is 2. The number of benzene rings is 1. The fraction of sp³-hybridized carbons (Fsp3) is 0.500. The Morgan fingerprint density at radius 3 is 2.71 bits per heavy atom. The molecule has 1 unspecified atom stereocenters. The SMILES string of the molecule is CC(N)(C(=O)Nc1ccccc1N1CCCC1=O)C1CC1. The highest BCUT2D eigenvalue weighted by Gasteiger charge is 2.44. The smallest absolute Gasteiger partial charge is 0.244 e. The first-order chi connectivity index (χ1) is 10.00. The molecule has 0 radical (unpaired) electrons. The number of hydrogen-bond donors (Lipinski definition) is 2. The summed E-state index contributed by atoms with van der Waals surface area (Å²) < 4.78 is 0. The average Bonchev–Trinajstić information content (AvgIpc) is 3.23. The third-order valence-electron chi connectivity index (χ3n) is 4.43. The van der Waals surface area contributed by atoms with Gasteiger partial charge in [-0.3, -0.25) is 9.59 Å². The zero-order valence-corrected chi connectivity index (χ0v) is 12.3. The molecule has 112 valence electrons. The zero-order chi connectivity index (χ0) is 15.0. The maximum Gasteiger partial charge on any atom is 0.244 e. The van der Waals surface area contributed by atoms with Crippen molar-refractivity contribution in [1.29, 1.82) is 0 Å². The molecule has 1 saturated heterocycles. The predicted molar refractivity (Wildman–Crippen MR) is 82.0 cm³/mol. The predicted octanol–water partition coefficient (Wildman–Crippen LogP) is 1.88. The van der Waals surface area contributed by atoms with Gasteiger partial charge in [0, 0.05) is 13.0 Å². The van der Waals surface area contributed by atoms with Crippen LogP contribution in [0, 0.1) is 5.92 Å². The first-order valence-electron chi connectivity index (χ1n) is 7.50. The van der Waals surface area contributed by atoms with E-state index in [9.17, 15) is 9.59 Å². The molecule has 3 N–H and O–H groups in total. The number of hydrogen-bond acceptors (Lipinski definition) is 3. The van der Waals surface area contributed by atoms with Crippen LogP contribution in [0.5, 0.6) is 0 Å². The van der Waals surface area contributed by atoms with Gasteiger partial charge in [0.1, 0.15) is 0 Å². The number of nitrogens with two attached hydrogens (primary N) is 1. The quantitative estimate of drug-likeness (QED) is 0.887. The van der Waals surface area contributed by atoms with Crippen LogP contribution in [0.15, 0.2) is 24.3 Å². The standard InChI is InChI=1S/C16H21N3O2/c1-16(17,11-8-9-11)15(21)18-12-5-2-3-6-13(12)19-10-4-7-14(19)20/h2-3,5-6,11H,4,7-10,17H2,1H3,(H,18,21). The highest BCUT2D eigenvalue weighted by molar-refractivity contribution is 6.04. The van der Waals surface area contributed by atoms with Gasteiger partial charge in [0.15, 0.2) is 0 Å². The highest BCUT2D eigenvalue weighted by atomic mass is 16.2. The van der Waals surface area contributed by atoms with Gasteiger partial charge in [0.05, 0.1) is 16.9 Å². The van der Waals surface area contributed by atoms with Gasteiger partial charge < -0.3 is 16.0 Å². The van der Waals surface area contributed by atoms with E-state index in [1.807, 2.05) is 24.3 Å². The van der Waals surface area contributed by atoms with Crippen molar-refractivity contribution < 1.29 is 9.59 Å². The van der Waals surface area contributed by atoms with Crippen molar-refractivity contribution in [3.63, 3.8) is 0 Å². The molecule has 5 nitrogen and oxygen atoms in total. The molecule has 1 atom stereocenters. The summed E-state index contributed by atoms with van der Waals surface area (Å²) in [6, 6.07) is 7.41. The Morgan fingerprint density at radius 2 is 2.10 bits per heavy atom. The van der Waals surface area contributed by atoms with E-state index in [0.717, 1.165) is 24.9 Å². The van der Waals surface area contributed by atoms with E-state index in [4.69, 9.17) is 5.73 Å². The van der Waals surface area contributed by atoms with Gasteiger partial charge in [-0.05, 0) is 44.2 Å². The molecule has 2 amide bonds. The van der Waals surface area contributed by atoms with E-state index in [1.54, 1.807) is 11.8 Å². The van der Waals surface area contributed by atoms with Gasteiger partial charge in [0.25, 0.3) is 0 Å². The number of nitrogens with zero attached hydrogens (tertiary/aromatic N) is 1. The molecule has 2 aliphatic rings. The third kappa shape index (κ3) is 2.65. The lowest BCUT2D eigenvalue weighted by atomic mass is 9.96. The van der Waals surface area contributed by atoms with E-state index in [2.05, 4.69) is 5.32 Å². The molecule has 1 aliphatic heterocycles. The summed E-state index contributed by atoms with van der Waals surface area (Å²) in [5.74, 6) is 0.191. The van der Waals surface area contributed by atoms with Crippen molar-refractivity contribution in [2.75, 3.05) is 16.8 Å². The molecule has 1 aliphatic carbocycles. The second kappa shape index (κ2) is 5.15. The Hall–Kier alpha value is -1.88. The van der Waals surface area contributed by atoms with Crippen LogP contribution >= 0.6 is 0 Å². The molecule has 1 aromatic carbocycles. The summed E-state index contributed by atoms with van der Waals surface area (Å²) in [4.78, 5) is 26.1. The first-order valence-corrected chi connectivity index (χ1v) is 7.50. The van der Waals surface area contributed by atoms with E-state index in [-0.39, 0.29) is 17.7 Å². The number of rotatable bonds is 4. The van der Waals surface area contributed by atoms with E-state index >= 15 is 0 Å². The number of amides is 2. The maximum atomic E-state index is 12.4. The summed E-state index contributed by atoms with van der Waals surface area (Å²) in [5, 5.41) is 2.91.